The molecule has 42 heavy (non-hydrogen) atoms. The number of carbonyl (C=O) groups is 4. The van der Waals surface area contributed by atoms with Crippen LogP contribution >= 0.6 is 11.6 Å². The average molecular weight is 621 g/mol. The molecule has 3 aromatic rings. The standard InChI is InChI=1S/C28H27ClF2N4O6S/c1-15(36)21-13-34(23-9-16(5-8-20(21)23)27(38)33-42(40,41)19-6-7-19)14-25(37)35-12-18(30)10-24(35)28(39)32-11-17-3-2-4-22(29)26(17)31/h2-5,8-9,13,18-19,24H,6-7,10-12,14H2,1H3,(H,32,39)(H,33,38). The molecule has 2 N–H and O–H groups in total. The number of halogens is 3. The third kappa shape index (κ3) is 6.02. The Labute approximate surface area is 245 Å². The predicted molar refractivity (Wildman–Crippen MR) is 150 cm³/mol. The van der Waals surface area contributed by atoms with Crippen molar-refractivity contribution in [1.82, 2.24) is 19.5 Å². The first-order chi connectivity index (χ1) is 19.9. The van der Waals surface area contributed by atoms with Crippen molar-refractivity contribution in [3.63, 3.8) is 0 Å². The number of amides is 3. The lowest BCUT2D eigenvalue weighted by Crippen LogP contribution is -2.46. The smallest absolute Gasteiger partial charge is 0.264 e. The van der Waals surface area contributed by atoms with Gasteiger partial charge in [0.2, 0.25) is 21.8 Å². The van der Waals surface area contributed by atoms with Gasteiger partial charge in [-0.1, -0.05) is 29.8 Å². The Hall–Kier alpha value is -3.84. The Morgan fingerprint density at radius 3 is 2.55 bits per heavy atom. The lowest BCUT2D eigenvalue weighted by atomic mass is 10.1. The molecule has 2 heterocycles. The minimum Gasteiger partial charge on any atom is -0.350 e. The summed E-state index contributed by atoms with van der Waals surface area (Å²) in [6.07, 6.45) is 0.655. The topological polar surface area (TPSA) is 135 Å². The quantitative estimate of drug-likeness (QED) is 0.353. The van der Waals surface area contributed by atoms with Gasteiger partial charge < -0.3 is 14.8 Å². The summed E-state index contributed by atoms with van der Waals surface area (Å²) in [5.74, 6) is -3.14. The van der Waals surface area contributed by atoms with Gasteiger partial charge in [0.25, 0.3) is 5.91 Å². The van der Waals surface area contributed by atoms with E-state index in [-0.39, 0.29) is 47.0 Å². The Bertz CT molecular complexity index is 1720. The number of nitrogens with one attached hydrogen (secondary N) is 2. The van der Waals surface area contributed by atoms with Crippen molar-refractivity contribution in [2.75, 3.05) is 6.54 Å². The van der Waals surface area contributed by atoms with Gasteiger partial charge in [-0.05, 0) is 38.0 Å². The number of rotatable bonds is 9. The van der Waals surface area contributed by atoms with E-state index < -0.39 is 57.6 Å². The second-order valence-electron chi connectivity index (χ2n) is 10.5. The molecule has 0 bridgehead atoms. The van der Waals surface area contributed by atoms with E-state index in [1.54, 1.807) is 0 Å². The van der Waals surface area contributed by atoms with Gasteiger partial charge >= 0.3 is 0 Å². The van der Waals surface area contributed by atoms with E-state index >= 15 is 0 Å². The summed E-state index contributed by atoms with van der Waals surface area (Å²) < 4.78 is 56.6. The molecule has 222 valence electrons. The van der Waals surface area contributed by atoms with E-state index in [2.05, 4.69) is 10.0 Å². The molecule has 0 spiro atoms. The second-order valence-corrected chi connectivity index (χ2v) is 12.8. The van der Waals surface area contributed by atoms with E-state index in [4.69, 9.17) is 11.6 Å². The maximum absolute atomic E-state index is 14.5. The zero-order chi connectivity index (χ0) is 30.3. The number of nitrogens with zero attached hydrogens (tertiary/aromatic N) is 2. The number of ketones is 1. The number of aromatic nitrogens is 1. The summed E-state index contributed by atoms with van der Waals surface area (Å²) in [5, 5.41) is 2.24. The molecule has 3 amide bonds. The van der Waals surface area contributed by atoms with Gasteiger partial charge in [-0.3, -0.25) is 19.2 Å². The summed E-state index contributed by atoms with van der Waals surface area (Å²) in [6, 6.07) is 7.42. The number of Topliss-reactive ketones (excluding diaryl/α,β-unsaturated/α-hetero) is 1. The van der Waals surface area contributed by atoms with E-state index in [0.29, 0.717) is 23.7 Å². The summed E-state index contributed by atoms with van der Waals surface area (Å²) >= 11 is 5.79. The van der Waals surface area contributed by atoms with E-state index in [1.165, 1.54) is 54.1 Å². The lowest BCUT2D eigenvalue weighted by molar-refractivity contribution is -0.139. The number of carbonyl (C=O) groups excluding carboxylic acids is 4. The van der Waals surface area contributed by atoms with Crippen molar-refractivity contribution in [1.29, 1.82) is 0 Å². The van der Waals surface area contributed by atoms with Crippen LogP contribution < -0.4 is 10.0 Å². The lowest BCUT2D eigenvalue weighted by Gasteiger charge is -2.24. The van der Waals surface area contributed by atoms with Gasteiger partial charge in [0, 0.05) is 41.2 Å². The van der Waals surface area contributed by atoms with E-state index in [9.17, 15) is 36.4 Å². The van der Waals surface area contributed by atoms with Crippen molar-refractivity contribution in [2.45, 2.75) is 56.7 Å². The van der Waals surface area contributed by atoms with Crippen LogP contribution in [-0.2, 0) is 32.7 Å². The number of hydrogen-bond donors (Lipinski definition) is 2. The molecule has 10 nitrogen and oxygen atoms in total. The van der Waals surface area contributed by atoms with Crippen molar-refractivity contribution < 1.29 is 36.4 Å². The van der Waals surface area contributed by atoms with Crippen molar-refractivity contribution in [2.24, 2.45) is 0 Å². The largest absolute Gasteiger partial charge is 0.350 e. The molecule has 1 saturated carbocycles. The molecule has 2 atom stereocenters. The van der Waals surface area contributed by atoms with Crippen molar-refractivity contribution >= 4 is 56.0 Å². The molecular weight excluding hydrogens is 594 g/mol. The maximum Gasteiger partial charge on any atom is 0.264 e. The molecule has 2 fully saturated rings. The van der Waals surface area contributed by atoms with Crippen LogP contribution in [-0.4, -0.2) is 65.4 Å². The molecule has 1 aliphatic carbocycles. The number of hydrogen-bond acceptors (Lipinski definition) is 6. The van der Waals surface area contributed by atoms with Gasteiger partial charge in [0.15, 0.2) is 5.78 Å². The normalized spacial score (nSPS) is 18.7. The molecule has 2 aromatic carbocycles. The maximum atomic E-state index is 14.5. The zero-order valence-electron chi connectivity index (χ0n) is 22.4. The number of sulfonamides is 1. The van der Waals surface area contributed by atoms with Crippen LogP contribution in [0.3, 0.4) is 0 Å². The second kappa shape index (κ2) is 11.4. The number of fused-ring (bicyclic) bond motifs is 1. The predicted octanol–water partition coefficient (Wildman–Crippen LogP) is 3.11. The molecule has 14 heteroatoms. The number of benzene rings is 2. The van der Waals surface area contributed by atoms with Crippen LogP contribution in [0.4, 0.5) is 8.78 Å². The van der Waals surface area contributed by atoms with Gasteiger partial charge in [0.1, 0.15) is 24.6 Å². The van der Waals surface area contributed by atoms with Gasteiger partial charge in [-0.2, -0.15) is 0 Å². The highest BCUT2D eigenvalue weighted by Gasteiger charge is 2.40. The number of likely N-dealkylation sites (tertiary alicyclic amines) is 1. The first-order valence-electron chi connectivity index (χ1n) is 13.2. The highest BCUT2D eigenvalue weighted by molar-refractivity contribution is 7.91. The highest BCUT2D eigenvalue weighted by atomic mass is 35.5. The van der Waals surface area contributed by atoms with Crippen LogP contribution in [0.15, 0.2) is 42.6 Å². The third-order valence-electron chi connectivity index (χ3n) is 7.39. The van der Waals surface area contributed by atoms with Crippen molar-refractivity contribution in [3.8, 4) is 0 Å². The first-order valence-corrected chi connectivity index (χ1v) is 15.1. The molecule has 1 aromatic heterocycles. The van der Waals surface area contributed by atoms with Crippen LogP contribution in [0.25, 0.3) is 10.9 Å². The summed E-state index contributed by atoms with van der Waals surface area (Å²) in [7, 11) is -3.80. The Morgan fingerprint density at radius 2 is 1.86 bits per heavy atom. The van der Waals surface area contributed by atoms with Crippen molar-refractivity contribution in [3.05, 3.63) is 70.1 Å². The summed E-state index contributed by atoms with van der Waals surface area (Å²) in [5.41, 5.74) is 0.699. The fourth-order valence-electron chi connectivity index (χ4n) is 5.02. The fraction of sp³-hybridized carbons (Fsp3) is 0.357. The van der Waals surface area contributed by atoms with Crippen LogP contribution in [0.1, 0.15) is 52.5 Å². The average Bonchev–Trinajstić information content (AvgIpc) is 3.65. The molecule has 0 radical (unpaired) electrons. The molecular formula is C28H27ClF2N4O6S. The molecule has 5 rings (SSSR count). The van der Waals surface area contributed by atoms with Crippen LogP contribution in [0.5, 0.6) is 0 Å². The summed E-state index contributed by atoms with van der Waals surface area (Å²) in [4.78, 5) is 52.5. The zero-order valence-corrected chi connectivity index (χ0v) is 24.0. The van der Waals surface area contributed by atoms with E-state index in [1.807, 2.05) is 0 Å². The van der Waals surface area contributed by atoms with E-state index in [0.717, 1.165) is 4.90 Å². The van der Waals surface area contributed by atoms with Gasteiger partial charge in [0.05, 0.1) is 22.3 Å². The SMILES string of the molecule is CC(=O)c1cn(CC(=O)N2CC(F)CC2C(=O)NCc2cccc(Cl)c2F)c2cc(C(=O)NS(=O)(=O)C3CC3)ccc12. The Kier molecular flexibility index (Phi) is 8.08. The molecule has 2 aliphatic rings. The molecule has 2 unspecified atom stereocenters. The Morgan fingerprint density at radius 1 is 1.12 bits per heavy atom. The molecule has 1 aliphatic heterocycles. The minimum absolute atomic E-state index is 0.00382. The summed E-state index contributed by atoms with van der Waals surface area (Å²) in [6.45, 7) is 0.385. The van der Waals surface area contributed by atoms with Gasteiger partial charge in [-0.25, -0.2) is 21.9 Å². The van der Waals surface area contributed by atoms with Crippen LogP contribution in [0, 0.1) is 5.82 Å². The third-order valence-corrected chi connectivity index (χ3v) is 9.50. The first kappa shape index (κ1) is 29.6. The van der Waals surface area contributed by atoms with Gasteiger partial charge in [-0.15, -0.1) is 0 Å². The minimum atomic E-state index is -3.80. The number of alkyl halides is 1. The fourth-order valence-corrected chi connectivity index (χ4v) is 6.52. The molecule has 1 saturated heterocycles. The Balaban J connectivity index is 1.36. The van der Waals surface area contributed by atoms with Crippen LogP contribution in [0.2, 0.25) is 5.02 Å². The highest BCUT2D eigenvalue weighted by Crippen LogP contribution is 2.29. The monoisotopic (exact) mass is 620 g/mol.